The zero-order chi connectivity index (χ0) is 15.7. The van der Waals surface area contributed by atoms with Gasteiger partial charge in [-0.05, 0) is 18.2 Å². The van der Waals surface area contributed by atoms with Crippen LogP contribution in [0, 0.1) is 22.7 Å². The Balaban J connectivity index is 2.57. The van der Waals surface area contributed by atoms with Crippen LogP contribution in [0.3, 0.4) is 0 Å². The Morgan fingerprint density at radius 2 is 1.76 bits per heavy atom. The van der Waals surface area contributed by atoms with E-state index in [9.17, 15) is 4.79 Å². The van der Waals surface area contributed by atoms with E-state index in [0.29, 0.717) is 28.8 Å². The van der Waals surface area contributed by atoms with Crippen molar-refractivity contribution in [3.05, 3.63) is 28.2 Å². The molecule has 0 heterocycles. The van der Waals surface area contributed by atoms with Crippen LogP contribution in [0.5, 0.6) is 0 Å². The van der Waals surface area contributed by atoms with Gasteiger partial charge in [-0.1, -0.05) is 23.2 Å². The molecule has 0 aromatic heterocycles. The summed E-state index contributed by atoms with van der Waals surface area (Å²) < 4.78 is 0. The van der Waals surface area contributed by atoms with Crippen LogP contribution in [0.25, 0.3) is 0 Å². The number of hydrogen-bond acceptors (Lipinski definition) is 4. The fourth-order valence-electron chi connectivity index (χ4n) is 1.63. The Labute approximate surface area is 133 Å². The highest BCUT2D eigenvalue weighted by Crippen LogP contribution is 2.24. The summed E-state index contributed by atoms with van der Waals surface area (Å²) in [5.41, 5.74) is 0.679. The van der Waals surface area contributed by atoms with Crippen LogP contribution in [-0.2, 0) is 4.79 Å². The molecule has 1 amide bonds. The fourth-order valence-corrected chi connectivity index (χ4v) is 1.92. The maximum absolute atomic E-state index is 12.1. The summed E-state index contributed by atoms with van der Waals surface area (Å²) in [4.78, 5) is 13.6. The van der Waals surface area contributed by atoms with Gasteiger partial charge in [0.15, 0.2) is 0 Å². The molecule has 5 nitrogen and oxygen atoms in total. The van der Waals surface area contributed by atoms with Crippen molar-refractivity contribution in [2.24, 2.45) is 0 Å². The topological polar surface area (TPSA) is 79.9 Å². The molecule has 0 aliphatic rings. The highest BCUT2D eigenvalue weighted by molar-refractivity contribution is 6.42. The number of carbonyl (C=O) groups excluding carboxylic acids is 1. The van der Waals surface area contributed by atoms with Crippen molar-refractivity contribution in [2.75, 3.05) is 25.0 Å². The number of nitrogens with zero attached hydrogens (tertiary/aromatic N) is 3. The van der Waals surface area contributed by atoms with Crippen LogP contribution in [0.1, 0.15) is 12.8 Å². The summed E-state index contributed by atoms with van der Waals surface area (Å²) in [7, 11) is 0. The van der Waals surface area contributed by atoms with Crippen LogP contribution in [0.2, 0.25) is 10.0 Å². The van der Waals surface area contributed by atoms with E-state index >= 15 is 0 Å². The third-order valence-electron chi connectivity index (χ3n) is 2.70. The molecule has 0 radical (unpaired) electrons. The summed E-state index contributed by atoms with van der Waals surface area (Å²) >= 11 is 11.7. The Morgan fingerprint density at radius 3 is 2.29 bits per heavy atom. The van der Waals surface area contributed by atoms with Gasteiger partial charge in [-0.25, -0.2) is 0 Å². The minimum atomic E-state index is -0.174. The number of carbonyl (C=O) groups is 1. The van der Waals surface area contributed by atoms with Crippen molar-refractivity contribution in [2.45, 2.75) is 12.8 Å². The van der Waals surface area contributed by atoms with Crippen molar-refractivity contribution >= 4 is 34.8 Å². The van der Waals surface area contributed by atoms with Gasteiger partial charge in [-0.3, -0.25) is 4.79 Å². The SMILES string of the molecule is N#CCCN(CCC#N)C(=O)CNc1ccc(Cl)c(Cl)c1. The first-order valence-corrected chi connectivity index (χ1v) is 7.04. The second-order valence-electron chi connectivity index (χ2n) is 4.18. The summed E-state index contributed by atoms with van der Waals surface area (Å²) in [5, 5.41) is 21.0. The van der Waals surface area contributed by atoms with Crippen LogP contribution in [0.4, 0.5) is 5.69 Å². The van der Waals surface area contributed by atoms with Crippen molar-refractivity contribution in [1.29, 1.82) is 10.5 Å². The zero-order valence-electron chi connectivity index (χ0n) is 11.3. The van der Waals surface area contributed by atoms with Gasteiger partial charge in [-0.2, -0.15) is 10.5 Å². The van der Waals surface area contributed by atoms with E-state index < -0.39 is 0 Å². The van der Waals surface area contributed by atoms with Crippen molar-refractivity contribution in [1.82, 2.24) is 4.90 Å². The van der Waals surface area contributed by atoms with E-state index in [1.165, 1.54) is 4.90 Å². The smallest absolute Gasteiger partial charge is 0.241 e. The van der Waals surface area contributed by atoms with Crippen molar-refractivity contribution in [3.63, 3.8) is 0 Å². The van der Waals surface area contributed by atoms with E-state index in [1.54, 1.807) is 18.2 Å². The Kier molecular flexibility index (Phi) is 7.39. The molecule has 0 aliphatic heterocycles. The molecule has 0 bridgehead atoms. The summed E-state index contributed by atoms with van der Waals surface area (Å²) in [6.07, 6.45) is 0.480. The van der Waals surface area contributed by atoms with Crippen LogP contribution >= 0.6 is 23.2 Å². The van der Waals surface area contributed by atoms with Gasteiger partial charge in [-0.15, -0.1) is 0 Å². The molecule has 1 aromatic carbocycles. The molecule has 1 rings (SSSR count). The maximum atomic E-state index is 12.1. The van der Waals surface area contributed by atoms with Crippen LogP contribution in [0.15, 0.2) is 18.2 Å². The lowest BCUT2D eigenvalue weighted by Crippen LogP contribution is -2.36. The quantitative estimate of drug-likeness (QED) is 0.835. The van der Waals surface area contributed by atoms with E-state index in [0.717, 1.165) is 0 Å². The minimum Gasteiger partial charge on any atom is -0.376 e. The molecule has 0 unspecified atom stereocenters. The van der Waals surface area contributed by atoms with E-state index in [4.69, 9.17) is 33.7 Å². The van der Waals surface area contributed by atoms with Gasteiger partial charge in [0.2, 0.25) is 5.91 Å². The van der Waals surface area contributed by atoms with E-state index in [2.05, 4.69) is 5.32 Å². The van der Waals surface area contributed by atoms with Gasteiger partial charge < -0.3 is 10.2 Å². The van der Waals surface area contributed by atoms with Gasteiger partial charge in [0.05, 0.1) is 41.6 Å². The third kappa shape index (κ3) is 5.91. The molecule has 21 heavy (non-hydrogen) atoms. The lowest BCUT2D eigenvalue weighted by molar-refractivity contribution is -0.129. The van der Waals surface area contributed by atoms with Crippen LogP contribution < -0.4 is 5.32 Å². The maximum Gasteiger partial charge on any atom is 0.241 e. The predicted octanol–water partition coefficient (Wildman–Crippen LogP) is 3.06. The molecule has 1 aromatic rings. The molecule has 0 saturated heterocycles. The second kappa shape index (κ2) is 9.07. The van der Waals surface area contributed by atoms with Crippen molar-refractivity contribution in [3.8, 4) is 12.1 Å². The molecule has 0 aliphatic carbocycles. The molecule has 0 fully saturated rings. The number of benzene rings is 1. The monoisotopic (exact) mass is 324 g/mol. The molecule has 7 heteroatoms. The highest BCUT2D eigenvalue weighted by atomic mass is 35.5. The largest absolute Gasteiger partial charge is 0.376 e. The summed E-state index contributed by atoms with van der Waals surface area (Å²) in [5.74, 6) is -0.174. The third-order valence-corrected chi connectivity index (χ3v) is 3.44. The predicted molar refractivity (Wildman–Crippen MR) is 82.0 cm³/mol. The molecule has 1 N–H and O–H groups in total. The van der Waals surface area contributed by atoms with E-state index in [1.807, 2.05) is 12.1 Å². The summed E-state index contributed by atoms with van der Waals surface area (Å²) in [6.45, 7) is 0.703. The molecular formula is C14H14Cl2N4O. The van der Waals surface area contributed by atoms with Gasteiger partial charge in [0, 0.05) is 18.8 Å². The fraction of sp³-hybridized carbons (Fsp3) is 0.357. The number of nitrogens with one attached hydrogen (secondary N) is 1. The van der Waals surface area contributed by atoms with Gasteiger partial charge in [0.1, 0.15) is 0 Å². The minimum absolute atomic E-state index is 0.0643. The Hall–Kier alpha value is -1.95. The number of hydrogen-bond donors (Lipinski definition) is 1. The highest BCUT2D eigenvalue weighted by Gasteiger charge is 2.12. The lowest BCUT2D eigenvalue weighted by Gasteiger charge is -2.20. The second-order valence-corrected chi connectivity index (χ2v) is 4.99. The number of halogens is 2. The van der Waals surface area contributed by atoms with Gasteiger partial charge >= 0.3 is 0 Å². The molecule has 0 spiro atoms. The van der Waals surface area contributed by atoms with E-state index in [-0.39, 0.29) is 25.3 Å². The first-order chi connectivity index (χ1) is 10.1. The average Bonchev–Trinajstić information content (AvgIpc) is 2.48. The molecule has 0 saturated carbocycles. The Bertz CT molecular complexity index is 559. The molecular weight excluding hydrogens is 311 g/mol. The van der Waals surface area contributed by atoms with Crippen LogP contribution in [-0.4, -0.2) is 30.4 Å². The number of rotatable bonds is 7. The number of nitriles is 2. The standard InChI is InChI=1S/C14H14Cl2N4O/c15-12-4-3-11(9-13(12)16)19-10-14(21)20(7-1-5-17)8-2-6-18/h3-4,9,19H,1-2,7-8,10H2. The lowest BCUT2D eigenvalue weighted by atomic mass is 10.3. The normalized spacial score (nSPS) is 9.52. The first kappa shape index (κ1) is 17.1. The molecule has 110 valence electrons. The number of anilines is 1. The molecule has 0 atom stereocenters. The Morgan fingerprint density at radius 1 is 1.14 bits per heavy atom. The first-order valence-electron chi connectivity index (χ1n) is 6.29. The summed E-state index contributed by atoms with van der Waals surface area (Å²) in [6, 6.07) is 8.96. The van der Waals surface area contributed by atoms with Crippen molar-refractivity contribution < 1.29 is 4.79 Å². The average molecular weight is 325 g/mol. The zero-order valence-corrected chi connectivity index (χ0v) is 12.8. The number of amides is 1. The van der Waals surface area contributed by atoms with Gasteiger partial charge in [0.25, 0.3) is 0 Å².